The minimum atomic E-state index is 0.421. The van der Waals surface area contributed by atoms with E-state index in [-0.39, 0.29) is 0 Å². The van der Waals surface area contributed by atoms with Crippen molar-refractivity contribution in [3.05, 3.63) is 58.6 Å². The van der Waals surface area contributed by atoms with Crippen molar-refractivity contribution < 1.29 is 9.47 Å². The lowest BCUT2D eigenvalue weighted by Crippen LogP contribution is -2.24. The predicted molar refractivity (Wildman–Crippen MR) is 100.0 cm³/mol. The van der Waals surface area contributed by atoms with Gasteiger partial charge in [0.2, 0.25) is 0 Å². The van der Waals surface area contributed by atoms with Gasteiger partial charge in [-0.05, 0) is 44.0 Å². The van der Waals surface area contributed by atoms with Gasteiger partial charge in [-0.1, -0.05) is 42.8 Å². The maximum Gasteiger partial charge on any atom is 0.161 e. The molecule has 0 bridgehead atoms. The summed E-state index contributed by atoms with van der Waals surface area (Å²) in [4.78, 5) is 0. The van der Waals surface area contributed by atoms with E-state index in [1.165, 1.54) is 5.56 Å². The van der Waals surface area contributed by atoms with Gasteiger partial charge in [-0.15, -0.1) is 0 Å². The van der Waals surface area contributed by atoms with E-state index in [0.29, 0.717) is 24.3 Å². The lowest BCUT2D eigenvalue weighted by Gasteiger charge is -2.15. The second-order valence-corrected chi connectivity index (χ2v) is 6.19. The third-order valence-electron chi connectivity index (χ3n) is 3.92. The summed E-state index contributed by atoms with van der Waals surface area (Å²) in [7, 11) is 0. The molecule has 0 aliphatic heterocycles. The van der Waals surface area contributed by atoms with Gasteiger partial charge in [-0.25, -0.2) is 0 Å². The van der Waals surface area contributed by atoms with Crippen LogP contribution < -0.4 is 14.8 Å². The van der Waals surface area contributed by atoms with E-state index in [4.69, 9.17) is 21.1 Å². The van der Waals surface area contributed by atoms with Crippen LogP contribution in [0.5, 0.6) is 11.5 Å². The Bertz CT molecular complexity index is 645. The third-order valence-corrected chi connectivity index (χ3v) is 4.28. The van der Waals surface area contributed by atoms with Crippen molar-refractivity contribution in [2.24, 2.45) is 0 Å². The molecule has 0 heterocycles. The van der Waals surface area contributed by atoms with Crippen molar-refractivity contribution in [1.29, 1.82) is 0 Å². The van der Waals surface area contributed by atoms with Crippen LogP contribution in [0.15, 0.2) is 42.5 Å². The molecule has 0 amide bonds. The Hall–Kier alpha value is -1.71. The molecule has 0 fully saturated rings. The predicted octanol–water partition coefficient (Wildman–Crippen LogP) is 5.21. The maximum atomic E-state index is 6.18. The molecule has 4 heteroatoms. The molecule has 1 N–H and O–H groups in total. The van der Waals surface area contributed by atoms with Gasteiger partial charge in [-0.3, -0.25) is 0 Å². The molecule has 1 atom stereocenters. The molecule has 0 saturated carbocycles. The molecule has 0 aromatic heterocycles. The number of rotatable bonds is 9. The fourth-order valence-electron chi connectivity index (χ4n) is 2.26. The second kappa shape index (κ2) is 9.55. The van der Waals surface area contributed by atoms with Crippen LogP contribution in [-0.4, -0.2) is 12.6 Å². The Labute approximate surface area is 149 Å². The molecule has 0 radical (unpaired) electrons. The summed E-state index contributed by atoms with van der Waals surface area (Å²) >= 11 is 6.18. The van der Waals surface area contributed by atoms with Gasteiger partial charge in [0.1, 0.15) is 6.61 Å². The molecule has 2 aromatic rings. The van der Waals surface area contributed by atoms with E-state index in [2.05, 4.69) is 25.2 Å². The standard InChI is InChI=1S/C20H26ClNO2/c1-4-15(3)22-13-16-10-11-19(20(12-16)23-5-2)24-14-17-8-6-7-9-18(17)21/h6-12,15,22H,4-5,13-14H2,1-3H3/t15-/m0/s1. The minimum absolute atomic E-state index is 0.421. The number of hydrogen-bond donors (Lipinski definition) is 1. The molecule has 0 aliphatic rings. The Morgan fingerprint density at radius 2 is 1.83 bits per heavy atom. The van der Waals surface area contributed by atoms with Crippen LogP contribution in [-0.2, 0) is 13.2 Å². The monoisotopic (exact) mass is 347 g/mol. The summed E-state index contributed by atoms with van der Waals surface area (Å²) in [5.74, 6) is 1.51. The zero-order valence-corrected chi connectivity index (χ0v) is 15.4. The van der Waals surface area contributed by atoms with E-state index < -0.39 is 0 Å². The van der Waals surface area contributed by atoms with E-state index in [0.717, 1.165) is 30.0 Å². The Kier molecular flexibility index (Phi) is 7.41. The smallest absolute Gasteiger partial charge is 0.161 e. The zero-order chi connectivity index (χ0) is 17.4. The van der Waals surface area contributed by atoms with Crippen molar-refractivity contribution in [2.45, 2.75) is 46.4 Å². The topological polar surface area (TPSA) is 30.5 Å². The summed E-state index contributed by atoms with van der Waals surface area (Å²) < 4.78 is 11.7. The van der Waals surface area contributed by atoms with Gasteiger partial charge in [0.25, 0.3) is 0 Å². The van der Waals surface area contributed by atoms with E-state index in [9.17, 15) is 0 Å². The first kappa shape index (κ1) is 18.6. The summed E-state index contributed by atoms with van der Waals surface area (Å²) in [6, 6.07) is 14.3. The highest BCUT2D eigenvalue weighted by Crippen LogP contribution is 2.30. The summed E-state index contributed by atoms with van der Waals surface area (Å²) in [5.41, 5.74) is 2.15. The molecule has 0 aliphatic carbocycles. The summed E-state index contributed by atoms with van der Waals surface area (Å²) in [6.45, 7) is 8.18. The van der Waals surface area contributed by atoms with Crippen molar-refractivity contribution in [1.82, 2.24) is 5.32 Å². The number of ether oxygens (including phenoxy) is 2. The average Bonchev–Trinajstić information content (AvgIpc) is 2.60. The molecule has 2 rings (SSSR count). The number of halogens is 1. The van der Waals surface area contributed by atoms with Crippen LogP contribution in [0.1, 0.15) is 38.3 Å². The minimum Gasteiger partial charge on any atom is -0.490 e. The quantitative estimate of drug-likeness (QED) is 0.675. The maximum absolute atomic E-state index is 6.18. The van der Waals surface area contributed by atoms with E-state index >= 15 is 0 Å². The Balaban J connectivity index is 2.07. The molecule has 0 spiro atoms. The van der Waals surface area contributed by atoms with Gasteiger partial charge in [-0.2, -0.15) is 0 Å². The van der Waals surface area contributed by atoms with Crippen molar-refractivity contribution in [2.75, 3.05) is 6.61 Å². The first-order valence-electron chi connectivity index (χ1n) is 8.49. The average molecular weight is 348 g/mol. The van der Waals surface area contributed by atoms with E-state index in [1.54, 1.807) is 0 Å². The van der Waals surface area contributed by atoms with Crippen LogP contribution in [0.3, 0.4) is 0 Å². The first-order chi connectivity index (χ1) is 11.6. The summed E-state index contributed by atoms with van der Waals surface area (Å²) in [5, 5.41) is 4.20. The third kappa shape index (κ3) is 5.43. The number of nitrogens with one attached hydrogen (secondary N) is 1. The highest BCUT2D eigenvalue weighted by Gasteiger charge is 2.09. The SMILES string of the molecule is CCOc1cc(CN[C@@H](C)CC)ccc1OCc1ccccc1Cl. The lowest BCUT2D eigenvalue weighted by atomic mass is 10.1. The molecule has 0 unspecified atom stereocenters. The van der Waals surface area contributed by atoms with Gasteiger partial charge in [0, 0.05) is 23.2 Å². The van der Waals surface area contributed by atoms with Crippen molar-refractivity contribution in [3.8, 4) is 11.5 Å². The molecule has 24 heavy (non-hydrogen) atoms. The normalized spacial score (nSPS) is 12.0. The van der Waals surface area contributed by atoms with Gasteiger partial charge in [0.15, 0.2) is 11.5 Å². The van der Waals surface area contributed by atoms with Crippen LogP contribution in [0.4, 0.5) is 0 Å². The number of benzene rings is 2. The Morgan fingerprint density at radius 3 is 2.54 bits per heavy atom. The fourth-order valence-corrected chi connectivity index (χ4v) is 2.45. The number of hydrogen-bond acceptors (Lipinski definition) is 3. The molecule has 130 valence electrons. The van der Waals surface area contributed by atoms with E-state index in [1.807, 2.05) is 43.3 Å². The van der Waals surface area contributed by atoms with Crippen LogP contribution in [0.2, 0.25) is 5.02 Å². The lowest BCUT2D eigenvalue weighted by molar-refractivity contribution is 0.269. The van der Waals surface area contributed by atoms with Gasteiger partial charge in [0.05, 0.1) is 6.61 Å². The molecule has 2 aromatic carbocycles. The fraction of sp³-hybridized carbons (Fsp3) is 0.400. The Morgan fingerprint density at radius 1 is 1.04 bits per heavy atom. The molecular weight excluding hydrogens is 322 g/mol. The molecule has 0 saturated heterocycles. The highest BCUT2D eigenvalue weighted by molar-refractivity contribution is 6.31. The highest BCUT2D eigenvalue weighted by atomic mass is 35.5. The molecular formula is C20H26ClNO2. The van der Waals surface area contributed by atoms with Crippen molar-refractivity contribution in [3.63, 3.8) is 0 Å². The second-order valence-electron chi connectivity index (χ2n) is 5.78. The van der Waals surface area contributed by atoms with Crippen molar-refractivity contribution >= 4 is 11.6 Å². The van der Waals surface area contributed by atoms with Gasteiger partial charge < -0.3 is 14.8 Å². The summed E-state index contributed by atoms with van der Waals surface area (Å²) in [6.07, 6.45) is 1.11. The first-order valence-corrected chi connectivity index (χ1v) is 8.87. The molecule has 3 nitrogen and oxygen atoms in total. The van der Waals surface area contributed by atoms with Crippen LogP contribution in [0, 0.1) is 0 Å². The van der Waals surface area contributed by atoms with Crippen LogP contribution in [0.25, 0.3) is 0 Å². The largest absolute Gasteiger partial charge is 0.490 e. The van der Waals surface area contributed by atoms with Crippen LogP contribution >= 0.6 is 11.6 Å². The zero-order valence-electron chi connectivity index (χ0n) is 14.6. The van der Waals surface area contributed by atoms with Gasteiger partial charge >= 0.3 is 0 Å².